The van der Waals surface area contributed by atoms with Crippen LogP contribution in [0.15, 0.2) is 24.3 Å². The monoisotopic (exact) mass is 264 g/mol. The molecular weight excluding hydrogens is 250 g/mol. The second-order valence-corrected chi connectivity index (χ2v) is 4.23. The molecule has 0 saturated heterocycles. The van der Waals surface area contributed by atoms with E-state index >= 15 is 0 Å². The van der Waals surface area contributed by atoms with E-state index in [1.807, 2.05) is 26.0 Å². The van der Waals surface area contributed by atoms with Crippen molar-refractivity contribution in [1.82, 2.24) is 4.98 Å². The fourth-order valence-corrected chi connectivity index (χ4v) is 1.62. The number of ether oxygens (including phenoxy) is 1. The highest BCUT2D eigenvalue weighted by atomic mass is 19.1. The SMILES string of the molecule is CNc1nc(Oc2cc(C)ccc2C)c(F)cc1F. The molecule has 0 aliphatic heterocycles. The van der Waals surface area contributed by atoms with Gasteiger partial charge in [-0.2, -0.15) is 4.98 Å². The largest absolute Gasteiger partial charge is 0.436 e. The van der Waals surface area contributed by atoms with Crippen molar-refractivity contribution in [2.75, 3.05) is 12.4 Å². The number of aryl methyl sites for hydroxylation is 2. The maximum absolute atomic E-state index is 13.6. The van der Waals surface area contributed by atoms with Crippen molar-refractivity contribution in [2.45, 2.75) is 13.8 Å². The van der Waals surface area contributed by atoms with Crippen LogP contribution in [0.4, 0.5) is 14.6 Å². The molecule has 100 valence electrons. The zero-order chi connectivity index (χ0) is 14.0. The van der Waals surface area contributed by atoms with E-state index in [1.165, 1.54) is 7.05 Å². The number of hydrogen-bond donors (Lipinski definition) is 1. The molecule has 1 heterocycles. The lowest BCUT2D eigenvalue weighted by Gasteiger charge is -2.11. The summed E-state index contributed by atoms with van der Waals surface area (Å²) < 4.78 is 32.3. The standard InChI is InChI=1S/C14H14F2N2O/c1-8-4-5-9(2)12(6-8)19-14-11(16)7-10(15)13(17-3)18-14/h4-7H,1-3H3,(H,17,18). The zero-order valence-electron chi connectivity index (χ0n) is 10.9. The minimum atomic E-state index is -0.836. The Kier molecular flexibility index (Phi) is 3.64. The first-order valence-corrected chi connectivity index (χ1v) is 5.80. The van der Waals surface area contributed by atoms with Crippen molar-refractivity contribution >= 4 is 5.82 Å². The summed E-state index contributed by atoms with van der Waals surface area (Å²) in [6.07, 6.45) is 0. The van der Waals surface area contributed by atoms with Crippen LogP contribution < -0.4 is 10.1 Å². The minimum Gasteiger partial charge on any atom is -0.436 e. The molecule has 0 unspecified atom stereocenters. The number of pyridine rings is 1. The predicted octanol–water partition coefficient (Wildman–Crippen LogP) is 3.81. The van der Waals surface area contributed by atoms with Gasteiger partial charge < -0.3 is 10.1 Å². The molecule has 0 fully saturated rings. The third-order valence-corrected chi connectivity index (χ3v) is 2.68. The number of hydrogen-bond acceptors (Lipinski definition) is 3. The van der Waals surface area contributed by atoms with E-state index in [-0.39, 0.29) is 11.7 Å². The highest BCUT2D eigenvalue weighted by Gasteiger charge is 2.13. The maximum atomic E-state index is 13.6. The lowest BCUT2D eigenvalue weighted by molar-refractivity contribution is 0.415. The molecule has 2 rings (SSSR count). The maximum Gasteiger partial charge on any atom is 0.258 e. The van der Waals surface area contributed by atoms with Gasteiger partial charge in [0, 0.05) is 13.1 Å². The highest BCUT2D eigenvalue weighted by molar-refractivity contribution is 5.42. The van der Waals surface area contributed by atoms with E-state index in [4.69, 9.17) is 4.74 Å². The Bertz CT molecular complexity index is 615. The van der Waals surface area contributed by atoms with Gasteiger partial charge in [-0.05, 0) is 31.0 Å². The van der Waals surface area contributed by atoms with Crippen molar-refractivity contribution < 1.29 is 13.5 Å². The first kappa shape index (κ1) is 13.3. The molecule has 0 aliphatic rings. The van der Waals surface area contributed by atoms with Crippen LogP contribution in [0, 0.1) is 25.5 Å². The molecule has 1 aromatic heterocycles. The molecule has 2 aromatic rings. The number of aromatic nitrogens is 1. The summed E-state index contributed by atoms with van der Waals surface area (Å²) in [5.41, 5.74) is 1.83. The molecule has 1 aromatic carbocycles. The van der Waals surface area contributed by atoms with Crippen LogP contribution in [0.2, 0.25) is 0 Å². The smallest absolute Gasteiger partial charge is 0.258 e. The lowest BCUT2D eigenvalue weighted by atomic mass is 10.1. The molecule has 0 aliphatic carbocycles. The number of nitrogens with zero attached hydrogens (tertiary/aromatic N) is 1. The van der Waals surface area contributed by atoms with Crippen molar-refractivity contribution in [3.63, 3.8) is 0 Å². The Labute approximate surface area is 110 Å². The van der Waals surface area contributed by atoms with Crippen LogP contribution >= 0.6 is 0 Å². The van der Waals surface area contributed by atoms with E-state index in [0.717, 1.165) is 17.2 Å². The van der Waals surface area contributed by atoms with Gasteiger partial charge in [0.15, 0.2) is 17.5 Å². The summed E-state index contributed by atoms with van der Waals surface area (Å²) >= 11 is 0. The zero-order valence-corrected chi connectivity index (χ0v) is 10.9. The van der Waals surface area contributed by atoms with Gasteiger partial charge in [-0.15, -0.1) is 0 Å². The van der Waals surface area contributed by atoms with Gasteiger partial charge in [-0.25, -0.2) is 8.78 Å². The quantitative estimate of drug-likeness (QED) is 0.915. The normalized spacial score (nSPS) is 10.4. The molecule has 3 nitrogen and oxygen atoms in total. The van der Waals surface area contributed by atoms with E-state index in [2.05, 4.69) is 10.3 Å². The Morgan fingerprint density at radius 3 is 2.53 bits per heavy atom. The van der Waals surface area contributed by atoms with E-state index < -0.39 is 11.6 Å². The Hall–Kier alpha value is -2.17. The molecular formula is C14H14F2N2O. The van der Waals surface area contributed by atoms with Crippen molar-refractivity contribution in [3.05, 3.63) is 47.0 Å². The van der Waals surface area contributed by atoms with Crippen LogP contribution in [0.5, 0.6) is 11.6 Å². The molecule has 0 bridgehead atoms. The first-order chi connectivity index (χ1) is 9.01. The molecule has 5 heteroatoms. The molecule has 1 N–H and O–H groups in total. The number of benzene rings is 1. The summed E-state index contributed by atoms with van der Waals surface area (Å²) in [5.74, 6) is -1.40. The number of anilines is 1. The topological polar surface area (TPSA) is 34.2 Å². The van der Waals surface area contributed by atoms with E-state index in [0.29, 0.717) is 5.75 Å². The van der Waals surface area contributed by atoms with Gasteiger partial charge >= 0.3 is 0 Å². The summed E-state index contributed by atoms with van der Waals surface area (Å²) in [7, 11) is 1.50. The van der Waals surface area contributed by atoms with Crippen LogP contribution in [0.1, 0.15) is 11.1 Å². The van der Waals surface area contributed by atoms with Gasteiger partial charge in [0.25, 0.3) is 5.88 Å². The summed E-state index contributed by atoms with van der Waals surface area (Å²) in [4.78, 5) is 3.77. The van der Waals surface area contributed by atoms with Crippen LogP contribution in [0.25, 0.3) is 0 Å². The second kappa shape index (κ2) is 5.22. The number of nitrogens with one attached hydrogen (secondary N) is 1. The van der Waals surface area contributed by atoms with Crippen LogP contribution in [-0.2, 0) is 0 Å². The fourth-order valence-electron chi connectivity index (χ4n) is 1.62. The summed E-state index contributed by atoms with van der Waals surface area (Å²) in [6, 6.07) is 6.32. The van der Waals surface area contributed by atoms with Crippen molar-refractivity contribution in [2.24, 2.45) is 0 Å². The predicted molar refractivity (Wildman–Crippen MR) is 69.7 cm³/mol. The minimum absolute atomic E-state index is 0.0540. The number of rotatable bonds is 3. The third-order valence-electron chi connectivity index (χ3n) is 2.68. The molecule has 19 heavy (non-hydrogen) atoms. The molecule has 0 atom stereocenters. The highest BCUT2D eigenvalue weighted by Crippen LogP contribution is 2.28. The van der Waals surface area contributed by atoms with Crippen molar-refractivity contribution in [1.29, 1.82) is 0 Å². The third kappa shape index (κ3) is 2.81. The van der Waals surface area contributed by atoms with Gasteiger partial charge in [-0.1, -0.05) is 12.1 Å². The van der Waals surface area contributed by atoms with Gasteiger partial charge in [0.2, 0.25) is 0 Å². The lowest BCUT2D eigenvalue weighted by Crippen LogP contribution is -2.01. The average molecular weight is 264 g/mol. The van der Waals surface area contributed by atoms with Gasteiger partial charge in [0.1, 0.15) is 5.75 Å². The Morgan fingerprint density at radius 1 is 1.11 bits per heavy atom. The molecule has 0 radical (unpaired) electrons. The van der Waals surface area contributed by atoms with Gasteiger partial charge in [0.05, 0.1) is 0 Å². The summed E-state index contributed by atoms with van der Waals surface area (Å²) in [6.45, 7) is 3.74. The fraction of sp³-hybridized carbons (Fsp3) is 0.214. The van der Waals surface area contributed by atoms with Crippen LogP contribution in [-0.4, -0.2) is 12.0 Å². The molecule has 0 saturated carbocycles. The van der Waals surface area contributed by atoms with Crippen molar-refractivity contribution in [3.8, 4) is 11.6 Å². The van der Waals surface area contributed by atoms with E-state index in [9.17, 15) is 8.78 Å². The average Bonchev–Trinajstić information content (AvgIpc) is 2.37. The molecule has 0 spiro atoms. The number of halogens is 2. The first-order valence-electron chi connectivity index (χ1n) is 5.80. The summed E-state index contributed by atoms with van der Waals surface area (Å²) in [5, 5.41) is 2.54. The Morgan fingerprint density at radius 2 is 1.84 bits per heavy atom. The second-order valence-electron chi connectivity index (χ2n) is 4.23. The van der Waals surface area contributed by atoms with Gasteiger partial charge in [-0.3, -0.25) is 0 Å². The van der Waals surface area contributed by atoms with Crippen LogP contribution in [0.3, 0.4) is 0 Å². The van der Waals surface area contributed by atoms with E-state index in [1.54, 1.807) is 6.07 Å². The molecule has 0 amide bonds. The Balaban J connectivity index is 2.40.